The predicted octanol–water partition coefficient (Wildman–Crippen LogP) is 24.4. The molecule has 0 radical (unpaired) electrons. The molecule has 0 aromatic heterocycles. The second-order valence-electron chi connectivity index (χ2n) is 25.6. The molecular formula is C80H139NO8P+. The van der Waals surface area contributed by atoms with Crippen molar-refractivity contribution in [1.29, 1.82) is 0 Å². The Morgan fingerprint density at radius 1 is 0.344 bits per heavy atom. The Hall–Kier alpha value is -3.85. The van der Waals surface area contributed by atoms with Crippen LogP contribution in [0.2, 0.25) is 0 Å². The van der Waals surface area contributed by atoms with E-state index in [9.17, 15) is 19.0 Å². The molecule has 0 rings (SSSR count). The van der Waals surface area contributed by atoms with E-state index in [1.54, 1.807) is 0 Å². The number of hydrogen-bond donors (Lipinski definition) is 1. The quantitative estimate of drug-likeness (QED) is 0.0211. The molecule has 0 aliphatic carbocycles. The Morgan fingerprint density at radius 3 is 0.889 bits per heavy atom. The van der Waals surface area contributed by atoms with Gasteiger partial charge in [0, 0.05) is 12.8 Å². The topological polar surface area (TPSA) is 108 Å². The molecule has 2 atom stereocenters. The number of phosphoric acid groups is 1. The van der Waals surface area contributed by atoms with Gasteiger partial charge in [0.15, 0.2) is 6.10 Å². The fourth-order valence-electron chi connectivity index (χ4n) is 10.1. The molecule has 90 heavy (non-hydrogen) atoms. The second-order valence-corrected chi connectivity index (χ2v) is 27.0. The maximum absolute atomic E-state index is 12.9. The number of likely N-dealkylation sites (N-methyl/N-ethyl adjacent to an activating group) is 1. The third kappa shape index (κ3) is 73.2. The minimum atomic E-state index is -4.40. The third-order valence-corrected chi connectivity index (χ3v) is 16.7. The summed E-state index contributed by atoms with van der Waals surface area (Å²) in [5.74, 6) is -0.793. The minimum Gasteiger partial charge on any atom is -0.462 e. The lowest BCUT2D eigenvalue weighted by Crippen LogP contribution is -2.37. The maximum Gasteiger partial charge on any atom is 0.472 e. The van der Waals surface area contributed by atoms with Gasteiger partial charge < -0.3 is 18.9 Å². The fraction of sp³-hybridized carbons (Fsp3) is 0.700. The number of carbonyl (C=O) groups excluding carboxylic acids is 2. The molecule has 0 fully saturated rings. The maximum atomic E-state index is 12.9. The van der Waals surface area contributed by atoms with Crippen molar-refractivity contribution < 1.29 is 42.1 Å². The van der Waals surface area contributed by atoms with Crippen molar-refractivity contribution in [2.24, 2.45) is 0 Å². The van der Waals surface area contributed by atoms with Crippen LogP contribution in [0.5, 0.6) is 0 Å². The van der Waals surface area contributed by atoms with Crippen molar-refractivity contribution in [3.63, 3.8) is 0 Å². The number of hydrogen-bond acceptors (Lipinski definition) is 7. The lowest BCUT2D eigenvalue weighted by molar-refractivity contribution is -0.870. The summed E-state index contributed by atoms with van der Waals surface area (Å²) in [6, 6.07) is 0. The van der Waals surface area contributed by atoms with Crippen molar-refractivity contribution in [2.45, 2.75) is 315 Å². The third-order valence-electron chi connectivity index (χ3n) is 15.7. The molecule has 9 nitrogen and oxygen atoms in total. The number of unbranched alkanes of at least 4 members (excludes halogenated alkanes) is 31. The summed E-state index contributed by atoms with van der Waals surface area (Å²) in [4.78, 5) is 35.9. The summed E-state index contributed by atoms with van der Waals surface area (Å²) in [7, 11) is 1.47. The number of quaternary nitrogens is 1. The van der Waals surface area contributed by atoms with Crippen LogP contribution in [-0.4, -0.2) is 74.9 Å². The molecule has 1 N–H and O–H groups in total. The van der Waals surface area contributed by atoms with E-state index >= 15 is 0 Å². The van der Waals surface area contributed by atoms with Crippen LogP contribution in [-0.2, 0) is 32.7 Å². The van der Waals surface area contributed by atoms with Crippen LogP contribution in [0.15, 0.2) is 134 Å². The number of allylic oxidation sites excluding steroid dienone is 22. The fourth-order valence-corrected chi connectivity index (χ4v) is 10.8. The molecule has 2 unspecified atom stereocenters. The molecule has 10 heteroatoms. The summed E-state index contributed by atoms with van der Waals surface area (Å²) < 4.78 is 34.8. The molecule has 0 amide bonds. The van der Waals surface area contributed by atoms with Crippen molar-refractivity contribution in [1.82, 2.24) is 0 Å². The van der Waals surface area contributed by atoms with Gasteiger partial charge in [0.25, 0.3) is 0 Å². The van der Waals surface area contributed by atoms with Crippen molar-refractivity contribution >= 4 is 19.8 Å². The first-order chi connectivity index (χ1) is 44.0. The van der Waals surface area contributed by atoms with E-state index in [0.717, 1.165) is 109 Å². The highest BCUT2D eigenvalue weighted by Gasteiger charge is 2.27. The lowest BCUT2D eigenvalue weighted by atomic mass is 10.0. The second kappa shape index (κ2) is 69.5. The smallest absolute Gasteiger partial charge is 0.462 e. The van der Waals surface area contributed by atoms with Crippen molar-refractivity contribution in [3.05, 3.63) is 134 Å². The van der Waals surface area contributed by atoms with Crippen LogP contribution in [0.25, 0.3) is 0 Å². The van der Waals surface area contributed by atoms with Crippen LogP contribution in [0.3, 0.4) is 0 Å². The van der Waals surface area contributed by atoms with Crippen molar-refractivity contribution in [2.75, 3.05) is 47.5 Å². The molecule has 0 spiro atoms. The highest BCUT2D eigenvalue weighted by molar-refractivity contribution is 7.47. The van der Waals surface area contributed by atoms with Gasteiger partial charge in [-0.3, -0.25) is 18.6 Å². The summed E-state index contributed by atoms with van der Waals surface area (Å²) in [6.07, 6.45) is 101. The van der Waals surface area contributed by atoms with Crippen molar-refractivity contribution in [3.8, 4) is 0 Å². The summed E-state index contributed by atoms with van der Waals surface area (Å²) in [5, 5.41) is 0. The van der Waals surface area contributed by atoms with Gasteiger partial charge in [-0.2, -0.15) is 0 Å². The van der Waals surface area contributed by atoms with Crippen LogP contribution in [0.1, 0.15) is 309 Å². The van der Waals surface area contributed by atoms with Gasteiger partial charge in [-0.15, -0.1) is 0 Å². The number of rotatable bonds is 67. The summed E-state index contributed by atoms with van der Waals surface area (Å²) >= 11 is 0. The van der Waals surface area contributed by atoms with Crippen LogP contribution < -0.4 is 0 Å². The number of nitrogens with zero attached hydrogens (tertiary/aromatic N) is 1. The van der Waals surface area contributed by atoms with E-state index in [0.29, 0.717) is 17.4 Å². The van der Waals surface area contributed by atoms with E-state index in [1.165, 1.54) is 167 Å². The van der Waals surface area contributed by atoms with E-state index < -0.39 is 26.5 Å². The number of esters is 2. The number of phosphoric ester groups is 1. The zero-order chi connectivity index (χ0) is 65.5. The summed E-state index contributed by atoms with van der Waals surface area (Å²) in [6.45, 7) is 4.23. The zero-order valence-corrected chi connectivity index (χ0v) is 59.7. The van der Waals surface area contributed by atoms with Gasteiger partial charge in [-0.1, -0.05) is 321 Å². The Bertz CT molecular complexity index is 1980. The van der Waals surface area contributed by atoms with E-state index in [-0.39, 0.29) is 32.0 Å². The molecule has 0 saturated carbocycles. The molecule has 0 heterocycles. The molecule has 0 aliphatic rings. The van der Waals surface area contributed by atoms with E-state index in [2.05, 4.69) is 148 Å². The van der Waals surface area contributed by atoms with Gasteiger partial charge in [0.2, 0.25) is 0 Å². The first-order valence-electron chi connectivity index (χ1n) is 36.9. The minimum absolute atomic E-state index is 0.0276. The summed E-state index contributed by atoms with van der Waals surface area (Å²) in [5.41, 5.74) is 0. The van der Waals surface area contributed by atoms with Crippen LogP contribution in [0, 0.1) is 0 Å². The standard InChI is InChI=1S/C80H138NO8P/c1-6-8-10-12-14-16-18-20-22-24-26-28-30-32-34-36-38-39-40-41-43-45-47-49-51-53-55-57-59-61-63-65-67-69-71-73-80(83)89-78(77-88-90(84,85)87-75-74-81(3,4)5)76-86-79(82)72-70-68-66-64-62-60-58-56-54-52-50-48-46-44-42-37-35-33-31-29-27-25-23-21-19-17-15-13-11-9-7-2/h8-11,14-17,20-23,26-29,32,34,38-39,41,43,78H,6-7,12-13,18-19,24-25,30-31,33,35-37,40,42,44-77H2,1-5H3/p+1/b10-8-,11-9-,16-14-,17-15-,22-20-,23-21-,28-26-,29-27-,34-32-,39-38-,43-41-. The Kier molecular flexibility index (Phi) is 66.5. The van der Waals surface area contributed by atoms with E-state index in [4.69, 9.17) is 18.5 Å². The normalized spacial score (nSPS) is 13.9. The SMILES string of the molecule is CC/C=C\C/C=C\C/C=C\C/C=C\C/C=C\C/C=C\C/C=C\CCCCCCCCCCCCCCCC(=O)OC(COC(=O)CCCCCCCCCCCCCCCCCCCC/C=C\C/C=C\C/C=C\C/C=C\CC)COP(=O)(O)OCC[N+](C)(C)C. The Labute approximate surface area is 555 Å². The molecular weight excluding hydrogens is 1130 g/mol. The monoisotopic (exact) mass is 1270 g/mol. The largest absolute Gasteiger partial charge is 0.472 e. The highest BCUT2D eigenvalue weighted by Crippen LogP contribution is 2.43. The zero-order valence-electron chi connectivity index (χ0n) is 58.8. The highest BCUT2D eigenvalue weighted by atomic mass is 31.2. The first kappa shape index (κ1) is 86.2. The molecule has 0 aromatic rings. The predicted molar refractivity (Wildman–Crippen MR) is 390 cm³/mol. The first-order valence-corrected chi connectivity index (χ1v) is 38.4. The van der Waals surface area contributed by atoms with E-state index in [1.807, 2.05) is 21.1 Å². The van der Waals surface area contributed by atoms with Crippen LogP contribution in [0.4, 0.5) is 0 Å². The lowest BCUT2D eigenvalue weighted by Gasteiger charge is -2.24. The Morgan fingerprint density at radius 2 is 0.600 bits per heavy atom. The van der Waals surface area contributed by atoms with Gasteiger partial charge in [0.05, 0.1) is 27.7 Å². The molecule has 0 saturated heterocycles. The van der Waals surface area contributed by atoms with Gasteiger partial charge >= 0.3 is 19.8 Å². The van der Waals surface area contributed by atoms with Crippen LogP contribution >= 0.6 is 7.82 Å². The molecule has 0 aromatic carbocycles. The number of ether oxygens (including phenoxy) is 2. The van der Waals surface area contributed by atoms with Gasteiger partial charge in [-0.25, -0.2) is 4.57 Å². The van der Waals surface area contributed by atoms with Gasteiger partial charge in [0.1, 0.15) is 19.8 Å². The average Bonchev–Trinajstić information content (AvgIpc) is 3.61. The molecule has 0 aliphatic heterocycles. The molecule has 0 bridgehead atoms. The Balaban J connectivity index is 4.03. The van der Waals surface area contributed by atoms with Gasteiger partial charge in [-0.05, 0) is 109 Å². The average molecular weight is 1270 g/mol. The molecule has 516 valence electrons. The number of carbonyl (C=O) groups is 2.